The van der Waals surface area contributed by atoms with Crippen molar-refractivity contribution < 1.29 is 4.74 Å². The lowest BCUT2D eigenvalue weighted by Crippen LogP contribution is -2.37. The van der Waals surface area contributed by atoms with Gasteiger partial charge < -0.3 is 15.4 Å². The van der Waals surface area contributed by atoms with Gasteiger partial charge in [0.25, 0.3) is 0 Å². The predicted molar refractivity (Wildman–Crippen MR) is 96.4 cm³/mol. The monoisotopic (exact) mass is 332 g/mol. The van der Waals surface area contributed by atoms with Crippen LogP contribution in [0.2, 0.25) is 0 Å². The number of benzene rings is 1. The number of guanidine groups is 1. The molecule has 2 N–H and O–H groups in total. The van der Waals surface area contributed by atoms with Crippen LogP contribution in [0.1, 0.15) is 22.4 Å². The molecule has 5 nitrogen and oxygen atoms in total. The highest BCUT2D eigenvalue weighted by Crippen LogP contribution is 2.13. The molecule has 0 saturated heterocycles. The molecule has 0 atom stereocenters. The van der Waals surface area contributed by atoms with E-state index in [1.54, 1.807) is 25.5 Å². The van der Waals surface area contributed by atoms with Crippen molar-refractivity contribution >= 4 is 17.3 Å². The average molecular weight is 332 g/mol. The van der Waals surface area contributed by atoms with Gasteiger partial charge in [-0.1, -0.05) is 19.1 Å². The summed E-state index contributed by atoms with van der Waals surface area (Å²) >= 11 is 1.74. The number of methoxy groups -OCH3 is 1. The molecule has 124 valence electrons. The summed E-state index contributed by atoms with van der Waals surface area (Å²) in [4.78, 5) is 9.95. The van der Waals surface area contributed by atoms with Gasteiger partial charge in [0.1, 0.15) is 10.8 Å². The van der Waals surface area contributed by atoms with Crippen molar-refractivity contribution in [2.24, 2.45) is 4.99 Å². The second-order valence-corrected chi connectivity index (χ2v) is 6.23. The van der Waals surface area contributed by atoms with Gasteiger partial charge in [0.2, 0.25) is 0 Å². The third kappa shape index (κ3) is 5.56. The maximum absolute atomic E-state index is 5.24. The van der Waals surface area contributed by atoms with Crippen LogP contribution in [0.4, 0.5) is 0 Å². The molecule has 0 aliphatic carbocycles. The summed E-state index contributed by atoms with van der Waals surface area (Å²) in [5.41, 5.74) is 1.24. The maximum Gasteiger partial charge on any atom is 0.191 e. The number of aliphatic imine (C=N–C) groups is 1. The summed E-state index contributed by atoms with van der Waals surface area (Å²) in [6.45, 7) is 3.65. The predicted octanol–water partition coefficient (Wildman–Crippen LogP) is 2.62. The van der Waals surface area contributed by atoms with Crippen LogP contribution >= 0.6 is 11.3 Å². The van der Waals surface area contributed by atoms with Crippen molar-refractivity contribution in [1.29, 1.82) is 0 Å². The molecular weight excluding hydrogens is 308 g/mol. The number of ether oxygens (including phenoxy) is 1. The lowest BCUT2D eigenvalue weighted by molar-refractivity contribution is 0.414. The zero-order valence-corrected chi connectivity index (χ0v) is 14.7. The molecule has 1 heterocycles. The number of hydrogen-bond acceptors (Lipinski definition) is 4. The summed E-state index contributed by atoms with van der Waals surface area (Å²) in [5, 5.41) is 7.70. The molecule has 0 radical (unpaired) electrons. The van der Waals surface area contributed by atoms with E-state index in [0.717, 1.165) is 36.1 Å². The Morgan fingerprint density at radius 1 is 1.35 bits per heavy atom. The molecule has 6 heteroatoms. The molecule has 2 aromatic rings. The van der Waals surface area contributed by atoms with E-state index in [2.05, 4.69) is 39.7 Å². The standard InChI is InChI=1S/C17H24N4OS/c1-4-15-11-20-16(23-15)12-21-17(18-2)19-9-8-13-6-5-7-14(10-13)22-3/h5-7,10-11H,4,8-9,12H2,1-3H3,(H2,18,19,21). The van der Waals surface area contributed by atoms with E-state index < -0.39 is 0 Å². The Morgan fingerprint density at radius 2 is 2.22 bits per heavy atom. The first-order valence-electron chi connectivity index (χ1n) is 7.76. The van der Waals surface area contributed by atoms with Crippen LogP contribution in [0, 0.1) is 0 Å². The number of nitrogens with zero attached hydrogens (tertiary/aromatic N) is 2. The summed E-state index contributed by atoms with van der Waals surface area (Å²) in [5.74, 6) is 1.68. The van der Waals surface area contributed by atoms with Crippen LogP contribution in [0.25, 0.3) is 0 Å². The minimum Gasteiger partial charge on any atom is -0.497 e. The summed E-state index contributed by atoms with van der Waals surface area (Å²) < 4.78 is 5.24. The van der Waals surface area contributed by atoms with Crippen LogP contribution in [-0.2, 0) is 19.4 Å². The van der Waals surface area contributed by atoms with Gasteiger partial charge in [-0.2, -0.15) is 0 Å². The van der Waals surface area contributed by atoms with Crippen molar-refractivity contribution in [2.45, 2.75) is 26.3 Å². The molecule has 23 heavy (non-hydrogen) atoms. The summed E-state index contributed by atoms with van der Waals surface area (Å²) in [6.07, 6.45) is 3.89. The van der Waals surface area contributed by atoms with Crippen molar-refractivity contribution in [2.75, 3.05) is 20.7 Å². The van der Waals surface area contributed by atoms with Crippen LogP contribution in [0.15, 0.2) is 35.5 Å². The third-order valence-corrected chi connectivity index (χ3v) is 4.56. The Balaban J connectivity index is 1.76. The highest BCUT2D eigenvalue weighted by atomic mass is 32.1. The number of rotatable bonds is 7. The molecular formula is C17H24N4OS. The van der Waals surface area contributed by atoms with E-state index >= 15 is 0 Å². The minimum absolute atomic E-state index is 0.698. The Hall–Kier alpha value is -2.08. The SMILES string of the molecule is CCc1cnc(CNC(=NC)NCCc2cccc(OC)c2)s1. The smallest absolute Gasteiger partial charge is 0.191 e. The number of thiazole rings is 1. The average Bonchev–Trinajstić information content (AvgIpc) is 3.06. The highest BCUT2D eigenvalue weighted by Gasteiger charge is 2.03. The van der Waals surface area contributed by atoms with Crippen LogP contribution < -0.4 is 15.4 Å². The summed E-state index contributed by atoms with van der Waals surface area (Å²) in [6, 6.07) is 8.12. The highest BCUT2D eigenvalue weighted by molar-refractivity contribution is 7.11. The van der Waals surface area contributed by atoms with E-state index in [1.165, 1.54) is 10.4 Å². The van der Waals surface area contributed by atoms with Gasteiger partial charge >= 0.3 is 0 Å². The minimum atomic E-state index is 0.698. The fraction of sp³-hybridized carbons (Fsp3) is 0.412. The molecule has 0 aliphatic rings. The second-order valence-electron chi connectivity index (χ2n) is 5.03. The molecule has 0 aliphatic heterocycles. The van der Waals surface area contributed by atoms with Crippen LogP contribution in [0.5, 0.6) is 5.75 Å². The third-order valence-electron chi connectivity index (χ3n) is 3.42. The summed E-state index contributed by atoms with van der Waals surface area (Å²) in [7, 11) is 3.46. The zero-order chi connectivity index (χ0) is 16.5. The van der Waals surface area contributed by atoms with Gasteiger partial charge in [0.05, 0.1) is 13.7 Å². The van der Waals surface area contributed by atoms with Crippen molar-refractivity contribution in [1.82, 2.24) is 15.6 Å². The largest absolute Gasteiger partial charge is 0.497 e. The Bertz CT molecular complexity index is 639. The molecule has 0 amide bonds. The lowest BCUT2D eigenvalue weighted by atomic mass is 10.1. The molecule has 0 bridgehead atoms. The first kappa shape index (κ1) is 17.3. The lowest BCUT2D eigenvalue weighted by Gasteiger charge is -2.11. The first-order chi connectivity index (χ1) is 11.2. The zero-order valence-electron chi connectivity index (χ0n) is 13.9. The van der Waals surface area contributed by atoms with E-state index in [1.807, 2.05) is 18.3 Å². The Labute approximate surface area is 141 Å². The van der Waals surface area contributed by atoms with Crippen molar-refractivity contribution in [3.8, 4) is 5.75 Å². The van der Waals surface area contributed by atoms with E-state index in [4.69, 9.17) is 4.74 Å². The van der Waals surface area contributed by atoms with Gasteiger partial charge in [-0.25, -0.2) is 4.98 Å². The van der Waals surface area contributed by atoms with E-state index in [9.17, 15) is 0 Å². The second kappa shape index (κ2) is 9.15. The normalized spacial score (nSPS) is 11.3. The molecule has 0 saturated carbocycles. The van der Waals surface area contributed by atoms with Crippen molar-refractivity contribution in [3.63, 3.8) is 0 Å². The van der Waals surface area contributed by atoms with Gasteiger partial charge in [0, 0.05) is 24.7 Å². The fourth-order valence-electron chi connectivity index (χ4n) is 2.13. The van der Waals surface area contributed by atoms with Gasteiger partial charge in [-0.05, 0) is 30.5 Å². The molecule has 1 aromatic carbocycles. The number of nitrogens with one attached hydrogen (secondary N) is 2. The van der Waals surface area contributed by atoms with Crippen molar-refractivity contribution in [3.05, 3.63) is 45.9 Å². The number of aromatic nitrogens is 1. The molecule has 0 spiro atoms. The van der Waals surface area contributed by atoms with Gasteiger partial charge in [-0.3, -0.25) is 4.99 Å². The number of hydrogen-bond donors (Lipinski definition) is 2. The molecule has 0 unspecified atom stereocenters. The molecule has 0 fully saturated rings. The van der Waals surface area contributed by atoms with Crippen LogP contribution in [0.3, 0.4) is 0 Å². The fourth-order valence-corrected chi connectivity index (χ4v) is 2.93. The molecule has 2 rings (SSSR count). The molecule has 1 aromatic heterocycles. The van der Waals surface area contributed by atoms with Gasteiger partial charge in [0.15, 0.2) is 5.96 Å². The first-order valence-corrected chi connectivity index (χ1v) is 8.57. The van der Waals surface area contributed by atoms with E-state index in [0.29, 0.717) is 6.54 Å². The Kier molecular flexibility index (Phi) is 6.87. The van der Waals surface area contributed by atoms with Gasteiger partial charge in [-0.15, -0.1) is 11.3 Å². The topological polar surface area (TPSA) is 58.5 Å². The van der Waals surface area contributed by atoms with E-state index in [-0.39, 0.29) is 0 Å². The quantitative estimate of drug-likeness (QED) is 0.604. The maximum atomic E-state index is 5.24. The number of aryl methyl sites for hydroxylation is 1. The van der Waals surface area contributed by atoms with Crippen LogP contribution in [-0.4, -0.2) is 31.6 Å². The Morgan fingerprint density at radius 3 is 2.91 bits per heavy atom.